The van der Waals surface area contributed by atoms with Crippen molar-refractivity contribution in [1.29, 1.82) is 0 Å². The predicted octanol–water partition coefficient (Wildman–Crippen LogP) is 0.135. The lowest BCUT2D eigenvalue weighted by molar-refractivity contribution is 0.0831. The molecule has 3 aromatic rings. The highest BCUT2D eigenvalue weighted by Crippen LogP contribution is 2.27. The van der Waals surface area contributed by atoms with Crippen LogP contribution in [0.25, 0.3) is 22.4 Å². The van der Waals surface area contributed by atoms with Crippen molar-refractivity contribution < 1.29 is 9.84 Å². The van der Waals surface area contributed by atoms with E-state index in [-0.39, 0.29) is 29.8 Å². The van der Waals surface area contributed by atoms with Crippen molar-refractivity contribution in [3.8, 4) is 17.0 Å². The summed E-state index contributed by atoms with van der Waals surface area (Å²) in [7, 11) is 3.78. The Labute approximate surface area is 156 Å². The number of anilines is 3. The zero-order valence-corrected chi connectivity index (χ0v) is 15.1. The van der Waals surface area contributed by atoms with Crippen LogP contribution in [-0.2, 0) is 0 Å². The molecule has 0 aliphatic heterocycles. The number of benzene rings is 1. The van der Waals surface area contributed by atoms with Gasteiger partial charge in [-0.3, -0.25) is 0 Å². The van der Waals surface area contributed by atoms with Crippen molar-refractivity contribution in [3.63, 3.8) is 0 Å². The Balaban J connectivity index is 1.81. The van der Waals surface area contributed by atoms with Gasteiger partial charge in [0.1, 0.15) is 24.2 Å². The maximum Gasteiger partial charge on any atom is 0.224 e. The summed E-state index contributed by atoms with van der Waals surface area (Å²) in [5.74, 6) is 0.982. The van der Waals surface area contributed by atoms with Crippen molar-refractivity contribution in [2.75, 3.05) is 44.4 Å². The molecular weight excluding hydrogens is 348 g/mol. The van der Waals surface area contributed by atoms with E-state index in [9.17, 15) is 5.11 Å². The van der Waals surface area contributed by atoms with Gasteiger partial charge < -0.3 is 31.9 Å². The molecule has 1 atom stereocenters. The van der Waals surface area contributed by atoms with E-state index in [1.807, 2.05) is 19.0 Å². The van der Waals surface area contributed by atoms with Gasteiger partial charge in [0.15, 0.2) is 22.8 Å². The molecule has 1 aromatic carbocycles. The topological polar surface area (TPSA) is 162 Å². The minimum Gasteiger partial charge on any atom is -0.491 e. The number of fused-ring (bicyclic) bond motifs is 1. The quantitative estimate of drug-likeness (QED) is 0.469. The Morgan fingerprint density at radius 3 is 2.37 bits per heavy atom. The number of aliphatic hydroxyl groups is 1. The van der Waals surface area contributed by atoms with E-state index < -0.39 is 6.10 Å². The van der Waals surface area contributed by atoms with Crippen LogP contribution in [0, 0.1) is 0 Å². The number of hydrogen-bond acceptors (Lipinski definition) is 10. The molecule has 0 radical (unpaired) electrons. The van der Waals surface area contributed by atoms with Gasteiger partial charge in [0.25, 0.3) is 0 Å². The molecule has 0 bridgehead atoms. The molecule has 0 saturated heterocycles. The molecule has 7 N–H and O–H groups in total. The smallest absolute Gasteiger partial charge is 0.224 e. The molecule has 0 fully saturated rings. The maximum atomic E-state index is 9.86. The number of aliphatic hydroxyl groups excluding tert-OH is 1. The van der Waals surface area contributed by atoms with Crippen molar-refractivity contribution in [2.45, 2.75) is 6.10 Å². The first kappa shape index (κ1) is 18.5. The molecule has 2 heterocycles. The van der Waals surface area contributed by atoms with E-state index in [0.29, 0.717) is 23.5 Å². The second-order valence-electron chi connectivity index (χ2n) is 6.35. The van der Waals surface area contributed by atoms with Gasteiger partial charge in [-0.25, -0.2) is 9.97 Å². The highest BCUT2D eigenvalue weighted by Gasteiger charge is 2.13. The van der Waals surface area contributed by atoms with Crippen molar-refractivity contribution >= 4 is 28.7 Å². The lowest BCUT2D eigenvalue weighted by atomic mass is 10.1. The highest BCUT2D eigenvalue weighted by atomic mass is 16.5. The molecule has 142 valence electrons. The van der Waals surface area contributed by atoms with Crippen LogP contribution in [-0.4, -0.2) is 63.3 Å². The Morgan fingerprint density at radius 2 is 1.70 bits per heavy atom. The largest absolute Gasteiger partial charge is 0.491 e. The fourth-order valence-corrected chi connectivity index (χ4v) is 2.59. The van der Waals surface area contributed by atoms with Gasteiger partial charge in [-0.1, -0.05) is 0 Å². The first-order valence-corrected chi connectivity index (χ1v) is 8.25. The number of nitrogens with two attached hydrogens (primary N) is 3. The first-order valence-electron chi connectivity index (χ1n) is 8.25. The summed E-state index contributed by atoms with van der Waals surface area (Å²) in [5.41, 5.74) is 19.2. The van der Waals surface area contributed by atoms with Gasteiger partial charge >= 0.3 is 0 Å². The van der Waals surface area contributed by atoms with Gasteiger partial charge in [0.05, 0.1) is 0 Å². The maximum absolute atomic E-state index is 9.86. The van der Waals surface area contributed by atoms with E-state index >= 15 is 0 Å². The van der Waals surface area contributed by atoms with Crippen molar-refractivity contribution in [2.24, 2.45) is 0 Å². The number of aromatic nitrogens is 4. The van der Waals surface area contributed by atoms with E-state index in [2.05, 4.69) is 19.9 Å². The van der Waals surface area contributed by atoms with Gasteiger partial charge in [0, 0.05) is 12.1 Å². The van der Waals surface area contributed by atoms with Crippen LogP contribution in [0.1, 0.15) is 0 Å². The molecule has 0 spiro atoms. The predicted molar refractivity (Wildman–Crippen MR) is 104 cm³/mol. The van der Waals surface area contributed by atoms with Crippen LogP contribution in [0.15, 0.2) is 24.3 Å². The van der Waals surface area contributed by atoms with E-state index in [1.54, 1.807) is 24.3 Å². The second-order valence-corrected chi connectivity index (χ2v) is 6.35. The van der Waals surface area contributed by atoms with Crippen LogP contribution in [0.4, 0.5) is 17.6 Å². The van der Waals surface area contributed by atoms with Crippen molar-refractivity contribution in [3.05, 3.63) is 24.3 Å². The van der Waals surface area contributed by atoms with Gasteiger partial charge in [-0.2, -0.15) is 9.97 Å². The molecule has 0 unspecified atom stereocenters. The molecular formula is C17H22N8O2. The Kier molecular flexibility index (Phi) is 5.19. The fraction of sp³-hybridized carbons (Fsp3) is 0.294. The Bertz CT molecular complexity index is 946. The number of rotatable bonds is 6. The molecule has 2 aromatic heterocycles. The number of hydrogen-bond donors (Lipinski definition) is 4. The summed E-state index contributed by atoms with van der Waals surface area (Å²) in [5, 5.41) is 9.86. The fourth-order valence-electron chi connectivity index (χ4n) is 2.59. The van der Waals surface area contributed by atoms with Gasteiger partial charge in [-0.15, -0.1) is 0 Å². The first-order chi connectivity index (χ1) is 12.8. The van der Waals surface area contributed by atoms with E-state index in [4.69, 9.17) is 21.9 Å². The number of ether oxygens (including phenoxy) is 1. The molecule has 0 aliphatic carbocycles. The molecule has 10 nitrogen and oxygen atoms in total. The van der Waals surface area contributed by atoms with Crippen LogP contribution in [0.5, 0.6) is 5.75 Å². The average molecular weight is 370 g/mol. The van der Waals surface area contributed by atoms with Gasteiger partial charge in [-0.05, 0) is 38.4 Å². The average Bonchev–Trinajstić information content (AvgIpc) is 2.59. The molecule has 10 heteroatoms. The van der Waals surface area contributed by atoms with Crippen LogP contribution in [0.3, 0.4) is 0 Å². The van der Waals surface area contributed by atoms with E-state index in [1.165, 1.54) is 0 Å². The van der Waals surface area contributed by atoms with E-state index in [0.717, 1.165) is 5.56 Å². The molecule has 0 saturated carbocycles. The van der Waals surface area contributed by atoms with Crippen LogP contribution in [0.2, 0.25) is 0 Å². The van der Waals surface area contributed by atoms with Crippen LogP contribution < -0.4 is 21.9 Å². The molecule has 27 heavy (non-hydrogen) atoms. The minimum absolute atomic E-state index is 0.0133. The second kappa shape index (κ2) is 7.56. The zero-order valence-electron chi connectivity index (χ0n) is 15.1. The summed E-state index contributed by atoms with van der Waals surface area (Å²) in [4.78, 5) is 18.4. The SMILES string of the molecule is CN(C)C[C@H](O)COc1ccc(-c2nc3c(N)nc(N)nc3nc2N)cc1. The summed E-state index contributed by atoms with van der Waals surface area (Å²) in [6, 6.07) is 7.14. The third-order valence-corrected chi connectivity index (χ3v) is 3.75. The minimum atomic E-state index is -0.572. The monoisotopic (exact) mass is 370 g/mol. The normalized spacial score (nSPS) is 12.4. The number of nitrogens with zero attached hydrogens (tertiary/aromatic N) is 5. The highest BCUT2D eigenvalue weighted by molar-refractivity contribution is 5.87. The zero-order chi connectivity index (χ0) is 19.6. The van der Waals surface area contributed by atoms with Crippen LogP contribution >= 0.6 is 0 Å². The lowest BCUT2D eigenvalue weighted by Gasteiger charge is -2.16. The Hall–Kier alpha value is -3.24. The standard InChI is InChI=1S/C17H22N8O2/c1-25(2)7-10(26)8-27-11-5-3-9(4-6-11)12-14(18)22-16-13(21-12)15(19)23-17(20)24-16/h3-6,10,26H,7-8H2,1-2H3,(H6,18,19,20,22,23,24)/t10-/m0/s1. The number of nitrogen functional groups attached to an aromatic ring is 3. The summed E-state index contributed by atoms with van der Waals surface area (Å²) in [6.07, 6.45) is -0.572. The van der Waals surface area contributed by atoms with Gasteiger partial charge in [0.2, 0.25) is 5.95 Å². The van der Waals surface area contributed by atoms with Crippen molar-refractivity contribution in [1.82, 2.24) is 24.8 Å². The lowest BCUT2D eigenvalue weighted by Crippen LogP contribution is -2.30. The molecule has 0 amide bonds. The summed E-state index contributed by atoms with van der Waals surface area (Å²) >= 11 is 0. The summed E-state index contributed by atoms with van der Waals surface area (Å²) in [6.45, 7) is 0.722. The summed E-state index contributed by atoms with van der Waals surface area (Å²) < 4.78 is 5.59. The molecule has 0 aliphatic rings. The Morgan fingerprint density at radius 1 is 1.00 bits per heavy atom. The third-order valence-electron chi connectivity index (χ3n) is 3.75. The third kappa shape index (κ3) is 4.30. The number of likely N-dealkylation sites (N-methyl/N-ethyl adjacent to an activating group) is 1. The molecule has 3 rings (SSSR count).